The summed E-state index contributed by atoms with van der Waals surface area (Å²) >= 11 is 11.8. The standard InChI is InChI=1S/C20H16Cl2N2O2/c21-17-10-11-18(22)24-19(17)20(25)23-12-14-6-8-15(9-7-14)13-26-16-4-2-1-3-5-16/h1-11H,12-13H2,(H,23,25). The summed E-state index contributed by atoms with van der Waals surface area (Å²) in [5, 5.41) is 3.27. The fourth-order valence-corrected chi connectivity index (χ4v) is 2.62. The first-order valence-corrected chi connectivity index (χ1v) is 8.73. The molecular formula is C20H16Cl2N2O2. The lowest BCUT2D eigenvalue weighted by atomic mass is 10.1. The maximum absolute atomic E-state index is 12.2. The van der Waals surface area contributed by atoms with Crippen LogP contribution in [0.1, 0.15) is 21.6 Å². The molecule has 0 saturated carbocycles. The lowest BCUT2D eigenvalue weighted by Gasteiger charge is -2.09. The largest absolute Gasteiger partial charge is 0.489 e. The first-order valence-electron chi connectivity index (χ1n) is 7.98. The number of rotatable bonds is 6. The number of halogens is 2. The third-order valence-corrected chi connectivity index (χ3v) is 4.17. The zero-order chi connectivity index (χ0) is 18.4. The number of nitrogens with zero attached hydrogens (tertiary/aromatic N) is 1. The van der Waals surface area contributed by atoms with Crippen LogP contribution >= 0.6 is 23.2 Å². The van der Waals surface area contributed by atoms with Crippen LogP contribution in [0.4, 0.5) is 0 Å². The summed E-state index contributed by atoms with van der Waals surface area (Å²) in [5.74, 6) is 0.462. The number of amides is 1. The van der Waals surface area contributed by atoms with Crippen LogP contribution in [0.25, 0.3) is 0 Å². The van der Waals surface area contributed by atoms with Crippen molar-refractivity contribution in [3.63, 3.8) is 0 Å². The molecular weight excluding hydrogens is 371 g/mol. The summed E-state index contributed by atoms with van der Waals surface area (Å²) in [4.78, 5) is 16.1. The van der Waals surface area contributed by atoms with Crippen LogP contribution in [0.15, 0.2) is 66.7 Å². The molecule has 1 amide bonds. The van der Waals surface area contributed by atoms with Crippen LogP contribution in [0.5, 0.6) is 5.75 Å². The van der Waals surface area contributed by atoms with E-state index in [0.717, 1.165) is 16.9 Å². The highest BCUT2D eigenvalue weighted by Crippen LogP contribution is 2.17. The molecule has 1 heterocycles. The summed E-state index contributed by atoms with van der Waals surface area (Å²) < 4.78 is 5.71. The fraction of sp³-hybridized carbons (Fsp3) is 0.100. The second-order valence-corrected chi connectivity index (χ2v) is 6.36. The molecule has 0 radical (unpaired) electrons. The van der Waals surface area contributed by atoms with Gasteiger partial charge in [0.15, 0.2) is 0 Å². The predicted molar refractivity (Wildman–Crippen MR) is 103 cm³/mol. The average Bonchev–Trinajstić information content (AvgIpc) is 2.68. The number of benzene rings is 2. The molecule has 4 nitrogen and oxygen atoms in total. The molecule has 132 valence electrons. The van der Waals surface area contributed by atoms with Gasteiger partial charge in [0.25, 0.3) is 5.91 Å². The molecule has 0 spiro atoms. The van der Waals surface area contributed by atoms with Crippen LogP contribution in [0.2, 0.25) is 10.2 Å². The van der Waals surface area contributed by atoms with E-state index in [0.29, 0.717) is 13.2 Å². The molecule has 1 N–H and O–H groups in total. The smallest absolute Gasteiger partial charge is 0.271 e. The van der Waals surface area contributed by atoms with E-state index < -0.39 is 0 Å². The zero-order valence-electron chi connectivity index (χ0n) is 13.8. The fourth-order valence-electron chi connectivity index (χ4n) is 2.28. The molecule has 26 heavy (non-hydrogen) atoms. The Balaban J connectivity index is 1.54. The van der Waals surface area contributed by atoms with E-state index in [-0.39, 0.29) is 21.8 Å². The molecule has 0 aliphatic heterocycles. The zero-order valence-corrected chi connectivity index (χ0v) is 15.3. The molecule has 0 atom stereocenters. The van der Waals surface area contributed by atoms with Crippen molar-refractivity contribution in [2.45, 2.75) is 13.2 Å². The molecule has 0 fully saturated rings. The Kier molecular flexibility index (Phi) is 6.10. The highest BCUT2D eigenvalue weighted by molar-refractivity contribution is 6.34. The summed E-state index contributed by atoms with van der Waals surface area (Å²) in [6.45, 7) is 0.849. The minimum absolute atomic E-state index is 0.118. The quantitative estimate of drug-likeness (QED) is 0.613. The molecule has 0 bridgehead atoms. The van der Waals surface area contributed by atoms with Gasteiger partial charge in [-0.05, 0) is 35.4 Å². The van der Waals surface area contributed by atoms with Gasteiger partial charge in [0.05, 0.1) is 5.02 Å². The van der Waals surface area contributed by atoms with Crippen LogP contribution < -0.4 is 10.1 Å². The normalized spacial score (nSPS) is 10.4. The minimum atomic E-state index is -0.367. The molecule has 2 aromatic carbocycles. The van der Waals surface area contributed by atoms with Crippen molar-refractivity contribution in [2.75, 3.05) is 0 Å². The summed E-state index contributed by atoms with van der Waals surface area (Å²) in [6.07, 6.45) is 0. The van der Waals surface area contributed by atoms with Gasteiger partial charge in [0.1, 0.15) is 23.2 Å². The molecule has 6 heteroatoms. The molecule has 0 unspecified atom stereocenters. The van der Waals surface area contributed by atoms with Crippen LogP contribution in [0.3, 0.4) is 0 Å². The van der Waals surface area contributed by atoms with Crippen LogP contribution in [0, 0.1) is 0 Å². The van der Waals surface area contributed by atoms with Gasteiger partial charge >= 0.3 is 0 Å². The Morgan fingerprint density at radius 2 is 1.62 bits per heavy atom. The third kappa shape index (κ3) is 4.97. The topological polar surface area (TPSA) is 51.2 Å². The van der Waals surface area contributed by atoms with Gasteiger partial charge < -0.3 is 10.1 Å². The van der Waals surface area contributed by atoms with E-state index in [1.807, 2.05) is 54.6 Å². The van der Waals surface area contributed by atoms with Gasteiger partial charge in [-0.2, -0.15) is 0 Å². The van der Waals surface area contributed by atoms with Gasteiger partial charge in [-0.3, -0.25) is 4.79 Å². The number of para-hydroxylation sites is 1. The van der Waals surface area contributed by atoms with Crippen molar-refractivity contribution in [3.8, 4) is 5.75 Å². The van der Waals surface area contributed by atoms with Gasteiger partial charge in [-0.25, -0.2) is 4.98 Å². The number of nitrogens with one attached hydrogen (secondary N) is 1. The van der Waals surface area contributed by atoms with Gasteiger partial charge in [0.2, 0.25) is 0 Å². The van der Waals surface area contributed by atoms with E-state index in [9.17, 15) is 4.79 Å². The summed E-state index contributed by atoms with van der Waals surface area (Å²) in [5.41, 5.74) is 2.12. The molecule has 0 saturated heterocycles. The number of carbonyl (C=O) groups excluding carboxylic acids is 1. The molecule has 0 aliphatic carbocycles. The number of pyridine rings is 1. The van der Waals surface area contributed by atoms with Gasteiger partial charge in [0, 0.05) is 6.54 Å². The van der Waals surface area contributed by atoms with Crippen molar-refractivity contribution in [3.05, 3.63) is 93.7 Å². The van der Waals surface area contributed by atoms with Crippen LogP contribution in [-0.4, -0.2) is 10.9 Å². The van der Waals surface area contributed by atoms with Crippen molar-refractivity contribution in [1.29, 1.82) is 0 Å². The lowest BCUT2D eigenvalue weighted by molar-refractivity contribution is 0.0946. The second-order valence-electron chi connectivity index (χ2n) is 5.57. The van der Waals surface area contributed by atoms with Crippen LogP contribution in [-0.2, 0) is 13.2 Å². The van der Waals surface area contributed by atoms with Crippen molar-refractivity contribution in [1.82, 2.24) is 10.3 Å². The third-order valence-electron chi connectivity index (χ3n) is 3.65. The van der Waals surface area contributed by atoms with E-state index in [1.54, 1.807) is 6.07 Å². The highest BCUT2D eigenvalue weighted by Gasteiger charge is 2.12. The Morgan fingerprint density at radius 3 is 2.35 bits per heavy atom. The number of hydrogen-bond acceptors (Lipinski definition) is 3. The Morgan fingerprint density at radius 1 is 0.923 bits per heavy atom. The summed E-state index contributed by atoms with van der Waals surface area (Å²) in [7, 11) is 0. The van der Waals surface area contributed by atoms with E-state index in [4.69, 9.17) is 27.9 Å². The maximum Gasteiger partial charge on any atom is 0.271 e. The monoisotopic (exact) mass is 386 g/mol. The molecule has 3 rings (SSSR count). The van der Waals surface area contributed by atoms with Crippen molar-refractivity contribution in [2.24, 2.45) is 0 Å². The SMILES string of the molecule is O=C(NCc1ccc(COc2ccccc2)cc1)c1nc(Cl)ccc1Cl. The van der Waals surface area contributed by atoms with E-state index in [2.05, 4.69) is 10.3 Å². The first kappa shape index (κ1) is 18.2. The Labute approximate surface area is 161 Å². The number of ether oxygens (including phenoxy) is 1. The summed E-state index contributed by atoms with van der Waals surface area (Å²) in [6, 6.07) is 20.5. The van der Waals surface area contributed by atoms with E-state index in [1.165, 1.54) is 6.07 Å². The van der Waals surface area contributed by atoms with Crippen molar-refractivity contribution < 1.29 is 9.53 Å². The number of carbonyl (C=O) groups is 1. The average molecular weight is 387 g/mol. The second kappa shape index (κ2) is 8.70. The number of hydrogen-bond donors (Lipinski definition) is 1. The molecule has 0 aliphatic rings. The Bertz CT molecular complexity index is 884. The minimum Gasteiger partial charge on any atom is -0.489 e. The highest BCUT2D eigenvalue weighted by atomic mass is 35.5. The van der Waals surface area contributed by atoms with Gasteiger partial charge in [-0.15, -0.1) is 0 Å². The maximum atomic E-state index is 12.2. The molecule has 3 aromatic rings. The van der Waals surface area contributed by atoms with E-state index >= 15 is 0 Å². The Hall–Kier alpha value is -2.56. The van der Waals surface area contributed by atoms with Gasteiger partial charge in [-0.1, -0.05) is 65.7 Å². The lowest BCUT2D eigenvalue weighted by Crippen LogP contribution is -2.24. The van der Waals surface area contributed by atoms with Crippen molar-refractivity contribution >= 4 is 29.1 Å². The first-order chi connectivity index (χ1) is 12.6. The number of aromatic nitrogens is 1. The molecule has 1 aromatic heterocycles. The predicted octanol–water partition coefficient (Wildman–Crippen LogP) is 4.90.